The normalized spacial score (nSPS) is 10.7. The Bertz CT molecular complexity index is 146. The number of rotatable bonds is 6. The highest BCUT2D eigenvalue weighted by Gasteiger charge is 1.95. The molecule has 2 N–H and O–H groups in total. The number of hydrogen-bond acceptors (Lipinski definition) is 3. The summed E-state index contributed by atoms with van der Waals surface area (Å²) < 4.78 is 16.9. The third kappa shape index (κ3) is 7.30. The van der Waals surface area contributed by atoms with Crippen molar-refractivity contribution in [2.75, 3.05) is 26.7 Å². The summed E-state index contributed by atoms with van der Waals surface area (Å²) in [6.45, 7) is 4.72. The summed E-state index contributed by atoms with van der Waals surface area (Å²) in [5.74, 6) is 0. The molecule has 72 valence electrons. The second-order valence-corrected chi connectivity index (χ2v) is 1.90. The Labute approximate surface area is 73.9 Å². The van der Waals surface area contributed by atoms with Crippen LogP contribution in [0.15, 0.2) is 0 Å². The number of ether oxygens (including phenoxy) is 2. The molecule has 0 spiro atoms. The number of amides is 2. The van der Waals surface area contributed by atoms with E-state index < -0.39 is 6.03 Å². The highest BCUT2D eigenvalue weighted by atomic mass is 16.5. The van der Waals surface area contributed by atoms with Gasteiger partial charge in [-0.2, -0.15) is 0 Å². The van der Waals surface area contributed by atoms with E-state index in [4.69, 9.17) is 10.9 Å². The molecule has 5 heteroatoms. The van der Waals surface area contributed by atoms with Crippen molar-refractivity contribution < 1.29 is 15.7 Å². The molecule has 0 radical (unpaired) electrons. The van der Waals surface area contributed by atoms with Crippen molar-refractivity contribution in [3.63, 3.8) is 0 Å². The molecule has 0 fully saturated rings. The van der Waals surface area contributed by atoms with Crippen LogP contribution in [-0.4, -0.2) is 32.7 Å². The predicted molar refractivity (Wildman–Crippen MR) is 44.7 cm³/mol. The number of carbonyl (C=O) groups is 1. The van der Waals surface area contributed by atoms with Crippen LogP contribution in [0, 0.1) is 0 Å². The van der Waals surface area contributed by atoms with Gasteiger partial charge in [-0.3, -0.25) is 0 Å². The van der Waals surface area contributed by atoms with Crippen molar-refractivity contribution >= 4 is 6.03 Å². The average Bonchev–Trinajstić information content (AvgIpc) is 2.14. The molecule has 0 aromatic heterocycles. The van der Waals surface area contributed by atoms with Crippen molar-refractivity contribution in [2.45, 2.75) is 13.8 Å². The summed E-state index contributed by atoms with van der Waals surface area (Å²) >= 11 is 0. The van der Waals surface area contributed by atoms with Gasteiger partial charge in [0.15, 0.2) is 1.41 Å². The van der Waals surface area contributed by atoms with Crippen LogP contribution in [-0.2, 0) is 9.47 Å². The van der Waals surface area contributed by atoms with Crippen molar-refractivity contribution in [3.8, 4) is 0 Å². The van der Waals surface area contributed by atoms with Crippen molar-refractivity contribution in [1.29, 1.82) is 0 Å². The predicted octanol–water partition coefficient (Wildman–Crippen LogP) is 0.274. The summed E-state index contributed by atoms with van der Waals surface area (Å²) in [6, 6.07) is -0.526. The fourth-order valence-corrected chi connectivity index (χ4v) is 0.466. The summed E-state index contributed by atoms with van der Waals surface area (Å²) in [7, 11) is 0. The van der Waals surface area contributed by atoms with E-state index in [0.29, 0.717) is 18.5 Å². The quantitative estimate of drug-likeness (QED) is 0.452. The molecule has 0 rings (SSSR count). The second kappa shape index (κ2) is 8.29. The molecule has 0 bridgehead atoms. The van der Waals surface area contributed by atoms with E-state index in [1.54, 1.807) is 6.92 Å². The van der Waals surface area contributed by atoms with Crippen LogP contribution in [0.4, 0.5) is 4.79 Å². The van der Waals surface area contributed by atoms with Gasteiger partial charge in [-0.05, 0) is 13.8 Å². The van der Waals surface area contributed by atoms with Gasteiger partial charge < -0.3 is 20.1 Å². The van der Waals surface area contributed by atoms with Crippen LogP contribution in [0.3, 0.4) is 0 Å². The summed E-state index contributed by atoms with van der Waals surface area (Å²) in [6.07, 6.45) is 0. The monoisotopic (exact) mass is 177 g/mol. The second-order valence-electron chi connectivity index (χ2n) is 1.90. The van der Waals surface area contributed by atoms with E-state index >= 15 is 0 Å². The maximum atomic E-state index is 11.0. The molecule has 0 unspecified atom stereocenters. The van der Waals surface area contributed by atoms with Gasteiger partial charge in [0.2, 0.25) is 0 Å². The summed E-state index contributed by atoms with van der Waals surface area (Å²) in [4.78, 5) is 11.0. The first-order valence-corrected chi connectivity index (χ1v) is 3.92. The Morgan fingerprint density at radius 3 is 2.50 bits per heavy atom. The minimum Gasteiger partial charge on any atom is -0.361 e. The lowest BCUT2D eigenvalue weighted by Gasteiger charge is -2.06. The van der Waals surface area contributed by atoms with Crippen LogP contribution in [0.2, 0.25) is 1.41 Å². The number of hydrogen-bond donors (Lipinski definition) is 2. The largest absolute Gasteiger partial charge is 0.361 e. The van der Waals surface area contributed by atoms with Gasteiger partial charge in [0, 0.05) is 13.2 Å². The molecular formula is C7H16N2O3. The smallest absolute Gasteiger partial charge is 0.318 e. The SMILES string of the molecule is [2H]N(COCC)C(=O)NCOCC. The topological polar surface area (TPSA) is 59.6 Å². The van der Waals surface area contributed by atoms with E-state index in [-0.39, 0.29) is 13.5 Å². The highest BCUT2D eigenvalue weighted by Crippen LogP contribution is 1.71. The molecule has 0 atom stereocenters. The fourth-order valence-electron chi connectivity index (χ4n) is 0.466. The van der Waals surface area contributed by atoms with E-state index in [1.807, 2.05) is 6.92 Å². The number of urea groups is 1. The molecule has 0 aliphatic heterocycles. The minimum atomic E-state index is -0.526. The molecule has 5 nitrogen and oxygen atoms in total. The van der Waals surface area contributed by atoms with Gasteiger partial charge in [-0.15, -0.1) is 0 Å². The minimum absolute atomic E-state index is 0.0333. The van der Waals surface area contributed by atoms with E-state index in [9.17, 15) is 4.79 Å². The molecular weight excluding hydrogens is 160 g/mol. The third-order valence-electron chi connectivity index (χ3n) is 1.03. The fraction of sp³-hybridized carbons (Fsp3) is 0.857. The van der Waals surface area contributed by atoms with Gasteiger partial charge in [-0.25, -0.2) is 4.79 Å². The lowest BCUT2D eigenvalue weighted by Crippen LogP contribution is -2.37. The highest BCUT2D eigenvalue weighted by molar-refractivity contribution is 5.73. The van der Waals surface area contributed by atoms with Gasteiger partial charge in [-0.1, -0.05) is 0 Å². The van der Waals surface area contributed by atoms with Crippen LogP contribution >= 0.6 is 0 Å². The maximum absolute atomic E-state index is 11.0. The van der Waals surface area contributed by atoms with Crippen LogP contribution in [0.1, 0.15) is 13.8 Å². The lowest BCUT2D eigenvalue weighted by molar-refractivity contribution is 0.116. The zero-order valence-electron chi connectivity index (χ0n) is 8.50. The molecule has 0 aromatic carbocycles. The Kier molecular flexibility index (Phi) is 6.41. The number of nitrogens with one attached hydrogen (secondary N) is 2. The molecule has 2 amide bonds. The van der Waals surface area contributed by atoms with E-state index in [2.05, 4.69) is 5.32 Å². The Hall–Kier alpha value is -0.810. The first-order valence-electron chi connectivity index (χ1n) is 4.36. The Morgan fingerprint density at radius 2 is 1.92 bits per heavy atom. The van der Waals surface area contributed by atoms with Crippen molar-refractivity contribution in [2.24, 2.45) is 0 Å². The van der Waals surface area contributed by atoms with Crippen LogP contribution in [0.5, 0.6) is 0 Å². The number of carbonyl (C=O) groups excluding carboxylic acids is 1. The summed E-state index contributed by atoms with van der Waals surface area (Å²) in [5, 5.41) is 3.09. The first-order chi connectivity index (χ1) is 6.22. The molecule has 0 heterocycles. The van der Waals surface area contributed by atoms with Crippen LogP contribution < -0.4 is 10.6 Å². The average molecular weight is 177 g/mol. The molecule has 0 aromatic rings. The zero-order chi connectivity index (χ0) is 10.1. The standard InChI is InChI=1S/C7H16N2O3/c1-3-11-5-8-7(10)9-6-12-4-2/h3-6H2,1-2H3,(H2,8,9,10)/i/hD. The van der Waals surface area contributed by atoms with Crippen LogP contribution in [0.25, 0.3) is 0 Å². The van der Waals surface area contributed by atoms with Gasteiger partial charge in [0.05, 0.1) is 0 Å². The Balaban J connectivity index is 3.45. The van der Waals surface area contributed by atoms with E-state index in [1.165, 1.54) is 0 Å². The molecule has 0 aliphatic carbocycles. The zero-order valence-corrected chi connectivity index (χ0v) is 7.50. The Morgan fingerprint density at radius 1 is 1.33 bits per heavy atom. The van der Waals surface area contributed by atoms with E-state index in [0.717, 1.165) is 0 Å². The first kappa shape index (κ1) is 9.28. The molecule has 12 heavy (non-hydrogen) atoms. The maximum Gasteiger partial charge on any atom is 0.318 e. The van der Waals surface area contributed by atoms with Crippen molar-refractivity contribution in [3.05, 3.63) is 0 Å². The van der Waals surface area contributed by atoms with Gasteiger partial charge in [0.1, 0.15) is 13.5 Å². The molecule has 0 saturated carbocycles. The van der Waals surface area contributed by atoms with Crippen molar-refractivity contribution in [1.82, 2.24) is 10.6 Å². The van der Waals surface area contributed by atoms with Gasteiger partial charge >= 0.3 is 6.03 Å². The molecule has 0 aliphatic rings. The molecule has 0 saturated heterocycles. The lowest BCUT2D eigenvalue weighted by atomic mass is 10.8. The van der Waals surface area contributed by atoms with Gasteiger partial charge in [0.25, 0.3) is 0 Å². The third-order valence-corrected chi connectivity index (χ3v) is 1.03. The summed E-state index contributed by atoms with van der Waals surface area (Å²) in [5.41, 5.74) is 0.